The molecule has 5 N–H and O–H groups in total. The Bertz CT molecular complexity index is 509. The fraction of sp³-hybridized carbons (Fsp3) is 0.615. The van der Waals surface area contributed by atoms with Crippen LogP contribution in [0.5, 0.6) is 0 Å². The Morgan fingerprint density at radius 1 is 1.42 bits per heavy atom. The smallest absolute Gasteiger partial charge is 0.260 e. The molecule has 0 spiro atoms. The van der Waals surface area contributed by atoms with Crippen molar-refractivity contribution in [2.24, 2.45) is 5.73 Å². The Kier molecular flexibility index (Phi) is 3.14. The van der Waals surface area contributed by atoms with Gasteiger partial charge in [-0.15, -0.1) is 11.3 Å². The van der Waals surface area contributed by atoms with Crippen LogP contribution in [-0.2, 0) is 0 Å². The maximum absolute atomic E-state index is 11.4. The van der Waals surface area contributed by atoms with Crippen LogP contribution in [0.15, 0.2) is 0 Å². The number of nitrogens with one attached hydrogen (secondary N) is 1. The third-order valence-electron chi connectivity index (χ3n) is 3.92. The second-order valence-corrected chi connectivity index (χ2v) is 6.64. The lowest BCUT2D eigenvalue weighted by atomic mass is 10.1. The second-order valence-electron chi connectivity index (χ2n) is 5.62. The van der Waals surface area contributed by atoms with Gasteiger partial charge in [-0.2, -0.15) is 0 Å². The third-order valence-corrected chi connectivity index (χ3v) is 5.09. The summed E-state index contributed by atoms with van der Waals surface area (Å²) in [7, 11) is 2.13. The number of carbonyl (C=O) groups is 1. The SMILES string of the molecule is CN1CCC(Nc2sc(C(N)=O)c(N)c2C2CC2)C1. The van der Waals surface area contributed by atoms with E-state index in [2.05, 4.69) is 17.3 Å². The van der Waals surface area contributed by atoms with Crippen LogP contribution in [0.3, 0.4) is 0 Å². The van der Waals surface area contributed by atoms with E-state index >= 15 is 0 Å². The molecule has 1 saturated heterocycles. The number of likely N-dealkylation sites (N-methyl/N-ethyl adjacent to an activating group) is 1. The number of likely N-dealkylation sites (tertiary alicyclic amines) is 1. The van der Waals surface area contributed by atoms with Gasteiger partial charge < -0.3 is 21.7 Å². The van der Waals surface area contributed by atoms with Crippen molar-refractivity contribution in [3.63, 3.8) is 0 Å². The van der Waals surface area contributed by atoms with Crippen molar-refractivity contribution >= 4 is 27.9 Å². The molecule has 1 aliphatic heterocycles. The van der Waals surface area contributed by atoms with Gasteiger partial charge >= 0.3 is 0 Å². The standard InChI is InChI=1S/C13H20N4OS/c1-17-5-4-8(6-17)16-13-9(7-2-3-7)10(14)11(19-13)12(15)18/h7-8,16H,2-6,14H2,1H3,(H2,15,18). The lowest BCUT2D eigenvalue weighted by Crippen LogP contribution is -2.23. The highest BCUT2D eigenvalue weighted by Gasteiger charge is 2.33. The van der Waals surface area contributed by atoms with Crippen LogP contribution in [0, 0.1) is 0 Å². The summed E-state index contributed by atoms with van der Waals surface area (Å²) in [6.07, 6.45) is 3.46. The number of thiophene rings is 1. The first-order valence-electron chi connectivity index (χ1n) is 6.73. The summed E-state index contributed by atoms with van der Waals surface area (Å²) in [6, 6.07) is 0.446. The van der Waals surface area contributed by atoms with E-state index in [0.29, 0.717) is 22.5 Å². The van der Waals surface area contributed by atoms with Crippen molar-refractivity contribution in [3.05, 3.63) is 10.4 Å². The maximum atomic E-state index is 11.4. The normalized spacial score (nSPS) is 23.7. The van der Waals surface area contributed by atoms with E-state index in [9.17, 15) is 4.79 Å². The molecule has 1 unspecified atom stereocenters. The van der Waals surface area contributed by atoms with Crippen LogP contribution in [0.1, 0.15) is 40.4 Å². The molecule has 2 fully saturated rings. The fourth-order valence-corrected chi connectivity index (χ4v) is 3.90. The Morgan fingerprint density at radius 3 is 2.68 bits per heavy atom. The molecule has 3 rings (SSSR count). The number of hydrogen-bond acceptors (Lipinski definition) is 5. The molecule has 1 aromatic rings. The quantitative estimate of drug-likeness (QED) is 0.779. The number of rotatable bonds is 4. The number of nitrogen functional groups attached to an aromatic ring is 1. The lowest BCUT2D eigenvalue weighted by molar-refractivity contribution is 0.100. The minimum atomic E-state index is -0.416. The largest absolute Gasteiger partial charge is 0.397 e. The van der Waals surface area contributed by atoms with Gasteiger partial charge in [-0.3, -0.25) is 4.79 Å². The van der Waals surface area contributed by atoms with Gasteiger partial charge in [-0.1, -0.05) is 0 Å². The first-order chi connectivity index (χ1) is 9.06. The van der Waals surface area contributed by atoms with Crippen molar-refractivity contribution < 1.29 is 4.79 Å². The highest BCUT2D eigenvalue weighted by Crippen LogP contribution is 2.51. The van der Waals surface area contributed by atoms with E-state index < -0.39 is 5.91 Å². The van der Waals surface area contributed by atoms with Gasteiger partial charge in [-0.05, 0) is 38.8 Å². The summed E-state index contributed by atoms with van der Waals surface area (Å²) in [5.74, 6) is 0.104. The summed E-state index contributed by atoms with van der Waals surface area (Å²) in [6.45, 7) is 2.15. The molecule has 104 valence electrons. The van der Waals surface area contributed by atoms with Crippen molar-refractivity contribution in [1.82, 2.24) is 4.90 Å². The number of nitrogens with two attached hydrogens (primary N) is 2. The minimum absolute atomic E-state index is 0.416. The zero-order valence-electron chi connectivity index (χ0n) is 11.1. The molecule has 1 atom stereocenters. The van der Waals surface area contributed by atoms with E-state index in [-0.39, 0.29) is 0 Å². The zero-order valence-corrected chi connectivity index (χ0v) is 11.9. The van der Waals surface area contributed by atoms with Crippen molar-refractivity contribution in [1.29, 1.82) is 0 Å². The number of nitrogens with zero attached hydrogens (tertiary/aromatic N) is 1. The van der Waals surface area contributed by atoms with Crippen LogP contribution >= 0.6 is 11.3 Å². The van der Waals surface area contributed by atoms with Gasteiger partial charge in [0.05, 0.1) is 10.7 Å². The molecule has 5 nitrogen and oxygen atoms in total. The topological polar surface area (TPSA) is 84.4 Å². The minimum Gasteiger partial charge on any atom is -0.397 e. The molecule has 1 saturated carbocycles. The van der Waals surface area contributed by atoms with Gasteiger partial charge in [-0.25, -0.2) is 0 Å². The Morgan fingerprint density at radius 2 is 2.16 bits per heavy atom. The van der Waals surface area contributed by atoms with Crippen LogP contribution < -0.4 is 16.8 Å². The van der Waals surface area contributed by atoms with Crippen molar-refractivity contribution in [2.75, 3.05) is 31.2 Å². The van der Waals surface area contributed by atoms with E-state index in [0.717, 1.165) is 30.1 Å². The number of anilines is 2. The molecule has 6 heteroatoms. The summed E-state index contributed by atoms with van der Waals surface area (Å²) in [4.78, 5) is 14.3. The van der Waals surface area contributed by atoms with E-state index in [4.69, 9.17) is 11.5 Å². The van der Waals surface area contributed by atoms with Gasteiger partial charge in [0.15, 0.2) is 0 Å². The molecule has 2 aliphatic rings. The number of primary amides is 1. The van der Waals surface area contributed by atoms with Gasteiger partial charge in [0, 0.05) is 18.2 Å². The molecule has 0 aromatic carbocycles. The Hall–Kier alpha value is -1.27. The molecule has 0 radical (unpaired) electrons. The lowest BCUT2D eigenvalue weighted by Gasteiger charge is -2.14. The third kappa shape index (κ3) is 2.42. The molecule has 2 heterocycles. The second kappa shape index (κ2) is 4.68. The Balaban J connectivity index is 1.87. The van der Waals surface area contributed by atoms with Crippen LogP contribution in [-0.4, -0.2) is 37.0 Å². The number of carbonyl (C=O) groups excluding carboxylic acids is 1. The summed E-state index contributed by atoms with van der Waals surface area (Å²) in [5.41, 5.74) is 13.2. The Labute approximate surface area is 116 Å². The molecule has 0 bridgehead atoms. The van der Waals surface area contributed by atoms with Crippen LogP contribution in [0.2, 0.25) is 0 Å². The van der Waals surface area contributed by atoms with E-state index in [1.807, 2.05) is 0 Å². The average Bonchev–Trinajstić information content (AvgIpc) is 3.01. The van der Waals surface area contributed by atoms with Gasteiger partial charge in [0.1, 0.15) is 4.88 Å². The molecular weight excluding hydrogens is 260 g/mol. The van der Waals surface area contributed by atoms with E-state index in [1.165, 1.54) is 24.2 Å². The maximum Gasteiger partial charge on any atom is 0.260 e. The summed E-state index contributed by atoms with van der Waals surface area (Å²) in [5, 5.41) is 4.63. The summed E-state index contributed by atoms with van der Waals surface area (Å²) < 4.78 is 0. The highest BCUT2D eigenvalue weighted by molar-refractivity contribution is 7.18. The number of amides is 1. The number of hydrogen-bond donors (Lipinski definition) is 3. The highest BCUT2D eigenvalue weighted by atomic mass is 32.1. The first-order valence-corrected chi connectivity index (χ1v) is 7.55. The molecule has 1 aliphatic carbocycles. The molecule has 1 aromatic heterocycles. The van der Waals surface area contributed by atoms with Crippen LogP contribution in [0.4, 0.5) is 10.7 Å². The van der Waals surface area contributed by atoms with Crippen LogP contribution in [0.25, 0.3) is 0 Å². The van der Waals surface area contributed by atoms with E-state index in [1.54, 1.807) is 0 Å². The average molecular weight is 280 g/mol. The first kappa shape index (κ1) is 12.7. The van der Waals surface area contributed by atoms with Crippen molar-refractivity contribution in [2.45, 2.75) is 31.2 Å². The molecule has 19 heavy (non-hydrogen) atoms. The molecule has 1 amide bonds. The summed E-state index contributed by atoms with van der Waals surface area (Å²) >= 11 is 1.42. The zero-order chi connectivity index (χ0) is 13.6. The van der Waals surface area contributed by atoms with Gasteiger partial charge in [0.2, 0.25) is 0 Å². The predicted molar refractivity (Wildman–Crippen MR) is 78.7 cm³/mol. The molecular formula is C13H20N4OS. The van der Waals surface area contributed by atoms with Crippen molar-refractivity contribution in [3.8, 4) is 0 Å². The predicted octanol–water partition coefficient (Wildman–Crippen LogP) is 1.42. The van der Waals surface area contributed by atoms with Gasteiger partial charge in [0.25, 0.3) is 5.91 Å². The monoisotopic (exact) mass is 280 g/mol. The fourth-order valence-electron chi connectivity index (χ4n) is 2.76.